The first-order valence-electron chi connectivity index (χ1n) is 6.27. The van der Waals surface area contributed by atoms with E-state index in [2.05, 4.69) is 4.72 Å². The van der Waals surface area contributed by atoms with Crippen molar-refractivity contribution in [2.24, 2.45) is 0 Å². The van der Waals surface area contributed by atoms with Crippen molar-refractivity contribution in [2.45, 2.75) is 37.5 Å². The smallest absolute Gasteiger partial charge is 0.228 e. The van der Waals surface area contributed by atoms with Crippen molar-refractivity contribution < 1.29 is 8.42 Å². The van der Waals surface area contributed by atoms with Gasteiger partial charge in [-0.1, -0.05) is 13.0 Å². The van der Waals surface area contributed by atoms with Gasteiger partial charge in [-0.05, 0) is 42.5 Å². The summed E-state index contributed by atoms with van der Waals surface area (Å²) in [6.07, 6.45) is 1.80. The van der Waals surface area contributed by atoms with E-state index in [1.807, 2.05) is 18.2 Å². The molecule has 0 saturated carbocycles. The number of nitrogens with one attached hydrogen (secondary N) is 1. The van der Waals surface area contributed by atoms with Gasteiger partial charge in [0.2, 0.25) is 10.0 Å². The van der Waals surface area contributed by atoms with Crippen LogP contribution >= 0.6 is 0 Å². The van der Waals surface area contributed by atoms with E-state index in [1.54, 1.807) is 13.0 Å². The van der Waals surface area contributed by atoms with Crippen molar-refractivity contribution >= 4 is 15.7 Å². The van der Waals surface area contributed by atoms with Crippen LogP contribution in [-0.4, -0.2) is 13.7 Å². The molecule has 6 heteroatoms. The SMILES string of the molecule is CCC(C#N)S(=O)(=O)NC1CCc2cc(N)ccc21. The summed E-state index contributed by atoms with van der Waals surface area (Å²) in [6, 6.07) is 7.09. The van der Waals surface area contributed by atoms with Crippen molar-refractivity contribution in [3.63, 3.8) is 0 Å². The van der Waals surface area contributed by atoms with Crippen LogP contribution in [0.1, 0.15) is 36.9 Å². The van der Waals surface area contributed by atoms with Gasteiger partial charge in [-0.15, -0.1) is 0 Å². The van der Waals surface area contributed by atoms with Gasteiger partial charge < -0.3 is 5.73 Å². The summed E-state index contributed by atoms with van der Waals surface area (Å²) in [5, 5.41) is 7.89. The zero-order valence-electron chi connectivity index (χ0n) is 10.8. The molecule has 2 rings (SSSR count). The molecule has 19 heavy (non-hydrogen) atoms. The van der Waals surface area contributed by atoms with E-state index in [4.69, 9.17) is 11.0 Å². The predicted molar refractivity (Wildman–Crippen MR) is 73.7 cm³/mol. The van der Waals surface area contributed by atoms with Crippen molar-refractivity contribution in [3.05, 3.63) is 29.3 Å². The van der Waals surface area contributed by atoms with Crippen LogP contribution in [0, 0.1) is 11.3 Å². The van der Waals surface area contributed by atoms with Crippen LogP contribution in [-0.2, 0) is 16.4 Å². The van der Waals surface area contributed by atoms with E-state index in [9.17, 15) is 8.42 Å². The first-order chi connectivity index (χ1) is 8.97. The van der Waals surface area contributed by atoms with Gasteiger partial charge in [0.15, 0.2) is 5.25 Å². The summed E-state index contributed by atoms with van der Waals surface area (Å²) >= 11 is 0. The number of aryl methyl sites for hydroxylation is 1. The van der Waals surface area contributed by atoms with Gasteiger partial charge >= 0.3 is 0 Å². The molecule has 0 amide bonds. The molecule has 0 aromatic heterocycles. The van der Waals surface area contributed by atoms with Crippen molar-refractivity contribution in [1.82, 2.24) is 4.72 Å². The van der Waals surface area contributed by atoms with E-state index >= 15 is 0 Å². The Morgan fingerprint density at radius 3 is 2.95 bits per heavy atom. The normalized spacial score (nSPS) is 19.7. The molecule has 0 bridgehead atoms. The average Bonchev–Trinajstić information content (AvgIpc) is 2.72. The monoisotopic (exact) mass is 279 g/mol. The second kappa shape index (κ2) is 5.19. The Hall–Kier alpha value is -1.58. The Labute approximate surface area is 113 Å². The fraction of sp³-hybridized carbons (Fsp3) is 0.462. The summed E-state index contributed by atoms with van der Waals surface area (Å²) in [6.45, 7) is 1.69. The highest BCUT2D eigenvalue weighted by Crippen LogP contribution is 2.33. The van der Waals surface area contributed by atoms with Gasteiger partial charge in [-0.2, -0.15) is 5.26 Å². The minimum Gasteiger partial charge on any atom is -0.399 e. The summed E-state index contributed by atoms with van der Waals surface area (Å²) in [5.74, 6) is 0. The maximum absolute atomic E-state index is 12.1. The molecule has 0 radical (unpaired) electrons. The van der Waals surface area contributed by atoms with Gasteiger partial charge in [0.05, 0.1) is 6.07 Å². The second-order valence-corrected chi connectivity index (χ2v) is 6.63. The fourth-order valence-corrected chi connectivity index (χ4v) is 3.80. The van der Waals surface area contributed by atoms with E-state index in [0.29, 0.717) is 12.1 Å². The number of nitriles is 1. The summed E-state index contributed by atoms with van der Waals surface area (Å²) in [4.78, 5) is 0. The molecule has 1 aromatic rings. The number of fused-ring (bicyclic) bond motifs is 1. The quantitative estimate of drug-likeness (QED) is 0.816. The average molecular weight is 279 g/mol. The third-order valence-corrected chi connectivity index (χ3v) is 5.24. The van der Waals surface area contributed by atoms with Crippen molar-refractivity contribution in [3.8, 4) is 6.07 Å². The third-order valence-electron chi connectivity index (χ3n) is 3.44. The molecule has 0 spiro atoms. The van der Waals surface area contributed by atoms with Crippen molar-refractivity contribution in [1.29, 1.82) is 5.26 Å². The van der Waals surface area contributed by atoms with Crippen LogP contribution in [0.15, 0.2) is 18.2 Å². The number of hydrogen-bond acceptors (Lipinski definition) is 4. The summed E-state index contributed by atoms with van der Waals surface area (Å²) in [5.41, 5.74) is 8.44. The Balaban J connectivity index is 2.22. The zero-order chi connectivity index (χ0) is 14.0. The molecule has 0 fully saturated rings. The van der Waals surface area contributed by atoms with Crippen LogP contribution in [0.3, 0.4) is 0 Å². The molecule has 0 aliphatic heterocycles. The number of nitrogens with zero attached hydrogens (tertiary/aromatic N) is 1. The summed E-state index contributed by atoms with van der Waals surface area (Å²) in [7, 11) is -3.60. The van der Waals surface area contributed by atoms with Gasteiger partial charge in [0, 0.05) is 11.7 Å². The number of nitrogen functional groups attached to an aromatic ring is 1. The van der Waals surface area contributed by atoms with Crippen LogP contribution in [0.25, 0.3) is 0 Å². The first-order valence-corrected chi connectivity index (χ1v) is 7.81. The number of rotatable bonds is 4. The van der Waals surface area contributed by atoms with Gasteiger partial charge in [-0.25, -0.2) is 13.1 Å². The number of anilines is 1. The fourth-order valence-electron chi connectivity index (χ4n) is 2.42. The molecular weight excluding hydrogens is 262 g/mol. The van der Waals surface area contributed by atoms with Crippen LogP contribution in [0.2, 0.25) is 0 Å². The largest absolute Gasteiger partial charge is 0.399 e. The lowest BCUT2D eigenvalue weighted by molar-refractivity contribution is 0.546. The molecule has 0 heterocycles. The standard InChI is InChI=1S/C13H17N3O2S/c1-2-11(8-14)19(17,18)16-13-6-3-9-7-10(15)4-5-12(9)13/h4-5,7,11,13,16H,2-3,6,15H2,1H3. The number of hydrogen-bond donors (Lipinski definition) is 2. The lowest BCUT2D eigenvalue weighted by Crippen LogP contribution is -2.35. The molecule has 1 aliphatic carbocycles. The molecule has 0 saturated heterocycles. The Kier molecular flexibility index (Phi) is 3.78. The van der Waals surface area contributed by atoms with Crippen LogP contribution < -0.4 is 10.5 Å². The Morgan fingerprint density at radius 1 is 1.58 bits per heavy atom. The van der Waals surface area contributed by atoms with Crippen LogP contribution in [0.4, 0.5) is 5.69 Å². The Morgan fingerprint density at radius 2 is 2.32 bits per heavy atom. The van der Waals surface area contributed by atoms with E-state index < -0.39 is 15.3 Å². The van der Waals surface area contributed by atoms with E-state index in [0.717, 1.165) is 17.5 Å². The summed E-state index contributed by atoms with van der Waals surface area (Å²) < 4.78 is 26.8. The first kappa shape index (κ1) is 13.8. The minimum atomic E-state index is -3.60. The lowest BCUT2D eigenvalue weighted by atomic mass is 10.1. The zero-order valence-corrected chi connectivity index (χ0v) is 11.6. The van der Waals surface area contributed by atoms with Crippen LogP contribution in [0.5, 0.6) is 0 Å². The van der Waals surface area contributed by atoms with Gasteiger partial charge in [0.25, 0.3) is 0 Å². The highest BCUT2D eigenvalue weighted by atomic mass is 32.2. The molecule has 1 aliphatic rings. The topological polar surface area (TPSA) is 96.0 Å². The van der Waals surface area contributed by atoms with E-state index in [-0.39, 0.29) is 12.5 Å². The molecular formula is C13H17N3O2S. The highest BCUT2D eigenvalue weighted by Gasteiger charge is 2.30. The second-order valence-electron chi connectivity index (χ2n) is 4.74. The molecule has 2 atom stereocenters. The minimum absolute atomic E-state index is 0.247. The van der Waals surface area contributed by atoms with Gasteiger partial charge in [-0.3, -0.25) is 0 Å². The molecule has 1 aromatic carbocycles. The van der Waals surface area contributed by atoms with Gasteiger partial charge in [0.1, 0.15) is 0 Å². The predicted octanol–water partition coefficient (Wildman–Crippen LogP) is 1.48. The third kappa shape index (κ3) is 2.72. The molecule has 102 valence electrons. The number of nitrogens with two attached hydrogens (primary N) is 1. The lowest BCUT2D eigenvalue weighted by Gasteiger charge is -2.16. The molecule has 2 unspecified atom stereocenters. The molecule has 5 nitrogen and oxygen atoms in total. The van der Waals surface area contributed by atoms with E-state index in [1.165, 1.54) is 0 Å². The molecule has 3 N–H and O–H groups in total. The maximum Gasteiger partial charge on any atom is 0.228 e. The van der Waals surface area contributed by atoms with Crippen molar-refractivity contribution in [2.75, 3.05) is 5.73 Å². The Bertz CT molecular complexity index is 619. The number of sulfonamides is 1. The maximum atomic E-state index is 12.1. The highest BCUT2D eigenvalue weighted by molar-refractivity contribution is 7.90. The number of benzene rings is 1.